The van der Waals surface area contributed by atoms with Gasteiger partial charge in [0.25, 0.3) is 5.91 Å². The Kier molecular flexibility index (Phi) is 6.74. The summed E-state index contributed by atoms with van der Waals surface area (Å²) in [5, 5.41) is 18.8. The lowest BCUT2D eigenvalue weighted by atomic mass is 10.1. The maximum absolute atomic E-state index is 13.5. The van der Waals surface area contributed by atoms with Crippen LogP contribution < -0.4 is 15.5 Å². The van der Waals surface area contributed by atoms with Crippen molar-refractivity contribution in [3.8, 4) is 33.8 Å². The number of hydrogen-bond donors (Lipinski definition) is 2. The Bertz CT molecular complexity index is 1960. The fourth-order valence-corrected chi connectivity index (χ4v) is 4.36. The van der Waals surface area contributed by atoms with Gasteiger partial charge in [-0.25, -0.2) is 14.4 Å². The average molecular weight is 566 g/mol. The third-order valence-corrected chi connectivity index (χ3v) is 6.57. The zero-order chi connectivity index (χ0) is 29.4. The molecule has 1 amide bonds. The molecular weight excluding hydrogens is 541 g/mol. The Morgan fingerprint density at radius 2 is 1.79 bits per heavy atom. The SMILES string of the molecule is CC(C)n1cc(-c2ccc(F)cc2)c(=O)c(C(=O)Nc2ncc(Oc3cc4cnn(C)c4cc3-c3cn[nH]c3)cn2)n1. The van der Waals surface area contributed by atoms with E-state index in [1.165, 1.54) is 41.3 Å². The Hall–Kier alpha value is -5.72. The first-order valence-corrected chi connectivity index (χ1v) is 12.9. The van der Waals surface area contributed by atoms with Gasteiger partial charge in [0.15, 0.2) is 11.4 Å². The van der Waals surface area contributed by atoms with Gasteiger partial charge in [-0.15, -0.1) is 0 Å². The van der Waals surface area contributed by atoms with Crippen LogP contribution in [0.15, 0.2) is 78.4 Å². The molecule has 6 rings (SSSR count). The number of ether oxygens (including phenoxy) is 1. The van der Waals surface area contributed by atoms with Crippen molar-refractivity contribution in [1.82, 2.24) is 39.7 Å². The zero-order valence-electron chi connectivity index (χ0n) is 22.7. The van der Waals surface area contributed by atoms with Gasteiger partial charge in [0.1, 0.15) is 11.6 Å². The van der Waals surface area contributed by atoms with Crippen LogP contribution in [0.3, 0.4) is 0 Å². The Labute approximate surface area is 237 Å². The van der Waals surface area contributed by atoms with Gasteiger partial charge in [-0.3, -0.25) is 29.4 Å². The van der Waals surface area contributed by atoms with Crippen LogP contribution in [-0.4, -0.2) is 45.6 Å². The lowest BCUT2D eigenvalue weighted by Crippen LogP contribution is -2.28. The number of nitrogens with one attached hydrogen (secondary N) is 2. The van der Waals surface area contributed by atoms with Crippen LogP contribution >= 0.6 is 0 Å². The second kappa shape index (κ2) is 10.7. The van der Waals surface area contributed by atoms with Gasteiger partial charge in [0.05, 0.1) is 30.3 Å². The first-order chi connectivity index (χ1) is 20.3. The Morgan fingerprint density at radius 3 is 2.48 bits per heavy atom. The molecule has 0 saturated carbocycles. The van der Waals surface area contributed by atoms with E-state index in [9.17, 15) is 14.0 Å². The number of carbonyl (C=O) groups excluding carboxylic acids is 1. The molecule has 2 aromatic carbocycles. The number of aromatic amines is 1. The molecule has 12 nitrogen and oxygen atoms in total. The predicted molar refractivity (Wildman–Crippen MR) is 153 cm³/mol. The van der Waals surface area contributed by atoms with Crippen molar-refractivity contribution in [2.75, 3.05) is 5.32 Å². The van der Waals surface area contributed by atoms with Crippen molar-refractivity contribution in [2.45, 2.75) is 19.9 Å². The van der Waals surface area contributed by atoms with Crippen molar-refractivity contribution < 1.29 is 13.9 Å². The third kappa shape index (κ3) is 5.10. The molecule has 4 heterocycles. The summed E-state index contributed by atoms with van der Waals surface area (Å²) in [7, 11) is 1.86. The van der Waals surface area contributed by atoms with Crippen molar-refractivity contribution in [1.29, 1.82) is 0 Å². The molecule has 4 aromatic heterocycles. The second-order valence-corrected chi connectivity index (χ2v) is 9.76. The molecule has 210 valence electrons. The Morgan fingerprint density at radius 1 is 1.02 bits per heavy atom. The summed E-state index contributed by atoms with van der Waals surface area (Å²) < 4.78 is 22.9. The summed E-state index contributed by atoms with van der Waals surface area (Å²) in [5.74, 6) is -0.409. The molecule has 13 heteroatoms. The van der Waals surface area contributed by atoms with E-state index in [1.807, 2.05) is 33.0 Å². The van der Waals surface area contributed by atoms with Crippen molar-refractivity contribution in [3.05, 3.63) is 95.3 Å². The summed E-state index contributed by atoms with van der Waals surface area (Å²) in [5.41, 5.74) is 2.25. The number of nitrogens with zero attached hydrogens (tertiary/aromatic N) is 7. The first-order valence-electron chi connectivity index (χ1n) is 12.9. The molecule has 6 aromatic rings. The highest BCUT2D eigenvalue weighted by molar-refractivity contribution is 6.02. The van der Waals surface area contributed by atoms with Crippen molar-refractivity contribution in [3.63, 3.8) is 0 Å². The third-order valence-electron chi connectivity index (χ3n) is 6.57. The molecule has 0 bridgehead atoms. The normalized spacial score (nSPS) is 11.3. The van der Waals surface area contributed by atoms with Gasteiger partial charge >= 0.3 is 0 Å². The van der Waals surface area contributed by atoms with Crippen LogP contribution in [0.4, 0.5) is 10.3 Å². The highest BCUT2D eigenvalue weighted by Gasteiger charge is 2.20. The van der Waals surface area contributed by atoms with Crippen LogP contribution in [0.2, 0.25) is 0 Å². The van der Waals surface area contributed by atoms with Crippen LogP contribution in [0.5, 0.6) is 11.5 Å². The van der Waals surface area contributed by atoms with Gasteiger partial charge in [0.2, 0.25) is 11.4 Å². The molecule has 0 aliphatic carbocycles. The van der Waals surface area contributed by atoms with Gasteiger partial charge < -0.3 is 4.74 Å². The van der Waals surface area contributed by atoms with E-state index in [0.29, 0.717) is 17.1 Å². The fourth-order valence-electron chi connectivity index (χ4n) is 4.36. The van der Waals surface area contributed by atoms with E-state index in [-0.39, 0.29) is 23.2 Å². The molecule has 0 aliphatic heterocycles. The topological polar surface area (TPSA) is 146 Å². The molecule has 0 atom stereocenters. The number of amides is 1. The number of halogens is 1. The smallest absolute Gasteiger partial charge is 0.282 e. The number of hydrogen-bond acceptors (Lipinski definition) is 8. The number of aryl methyl sites for hydroxylation is 1. The predicted octanol–water partition coefficient (Wildman–Crippen LogP) is 4.74. The largest absolute Gasteiger partial charge is 0.453 e. The van der Waals surface area contributed by atoms with E-state index in [4.69, 9.17) is 4.74 Å². The van der Waals surface area contributed by atoms with E-state index in [1.54, 1.807) is 29.5 Å². The minimum Gasteiger partial charge on any atom is -0.453 e. The molecule has 0 aliphatic rings. The second-order valence-electron chi connectivity index (χ2n) is 9.76. The summed E-state index contributed by atoms with van der Waals surface area (Å²) in [6.45, 7) is 3.72. The molecule has 0 spiro atoms. The molecule has 0 saturated heterocycles. The van der Waals surface area contributed by atoms with E-state index < -0.39 is 17.2 Å². The van der Waals surface area contributed by atoms with Gasteiger partial charge in [-0.1, -0.05) is 12.1 Å². The summed E-state index contributed by atoms with van der Waals surface area (Å²) in [6.07, 6.45) is 9.54. The fraction of sp³-hybridized carbons (Fsp3) is 0.138. The average Bonchev–Trinajstić information content (AvgIpc) is 3.64. The molecule has 0 unspecified atom stereocenters. The minimum absolute atomic E-state index is 0.0467. The molecule has 0 radical (unpaired) electrons. The number of anilines is 1. The quantitative estimate of drug-likeness (QED) is 0.282. The van der Waals surface area contributed by atoms with Crippen LogP contribution in [-0.2, 0) is 7.05 Å². The number of aromatic nitrogens is 8. The van der Waals surface area contributed by atoms with E-state index >= 15 is 0 Å². The van der Waals surface area contributed by atoms with Crippen LogP contribution in [0.25, 0.3) is 33.2 Å². The van der Waals surface area contributed by atoms with Gasteiger partial charge in [-0.05, 0) is 43.7 Å². The molecule has 0 fully saturated rings. The summed E-state index contributed by atoms with van der Waals surface area (Å²) >= 11 is 0. The number of fused-ring (bicyclic) bond motifs is 1. The highest BCUT2D eigenvalue weighted by atomic mass is 19.1. The molecular formula is C29H24FN9O3. The van der Waals surface area contributed by atoms with Crippen LogP contribution in [0.1, 0.15) is 30.4 Å². The maximum atomic E-state index is 13.5. The minimum atomic E-state index is -0.781. The highest BCUT2D eigenvalue weighted by Crippen LogP contribution is 2.36. The van der Waals surface area contributed by atoms with Crippen molar-refractivity contribution in [2.24, 2.45) is 7.05 Å². The Balaban J connectivity index is 1.26. The lowest BCUT2D eigenvalue weighted by Gasteiger charge is -2.14. The number of rotatable bonds is 7. The summed E-state index contributed by atoms with van der Waals surface area (Å²) in [4.78, 5) is 34.8. The molecule has 42 heavy (non-hydrogen) atoms. The zero-order valence-corrected chi connectivity index (χ0v) is 22.7. The van der Waals surface area contributed by atoms with Gasteiger partial charge in [0, 0.05) is 47.6 Å². The van der Waals surface area contributed by atoms with Crippen LogP contribution in [0, 0.1) is 5.82 Å². The van der Waals surface area contributed by atoms with E-state index in [2.05, 4.69) is 35.7 Å². The number of H-pyrrole nitrogens is 1. The maximum Gasteiger partial charge on any atom is 0.282 e. The lowest BCUT2D eigenvalue weighted by molar-refractivity contribution is 0.101. The number of benzene rings is 2. The number of carbonyl (C=O) groups is 1. The first kappa shape index (κ1) is 26.5. The van der Waals surface area contributed by atoms with Crippen molar-refractivity contribution >= 4 is 22.8 Å². The molecule has 2 N–H and O–H groups in total. The van der Waals surface area contributed by atoms with Gasteiger partial charge in [-0.2, -0.15) is 15.3 Å². The standard InChI is InChI=1S/C29H24FN9O3/c1-16(2)39-15-23(17-4-6-20(30)7-5-17)27(40)26(37-39)28(41)36-29-31-13-21(14-32-29)42-25-8-18-12-35-38(3)24(18)9-22(25)19-10-33-34-11-19/h4-16H,1-3H3,(H,33,34)(H,31,32,36,41). The monoisotopic (exact) mass is 565 g/mol. The summed E-state index contributed by atoms with van der Waals surface area (Å²) in [6, 6.07) is 9.11. The van der Waals surface area contributed by atoms with E-state index in [0.717, 1.165) is 22.0 Å².